The highest BCUT2D eigenvalue weighted by molar-refractivity contribution is 7.99. The summed E-state index contributed by atoms with van der Waals surface area (Å²) in [6, 6.07) is 5.03. The fourth-order valence-electron chi connectivity index (χ4n) is 2.34. The van der Waals surface area contributed by atoms with Crippen LogP contribution < -0.4 is 5.32 Å². The molecular formula is C15H25NS. The van der Waals surface area contributed by atoms with Gasteiger partial charge in [0, 0.05) is 11.8 Å². The first-order chi connectivity index (χ1) is 7.95. The van der Waals surface area contributed by atoms with E-state index in [1.54, 1.807) is 0 Å². The molecule has 1 aromatic carbocycles. The minimum Gasteiger partial charge on any atom is -0.312 e. The Balaban J connectivity index is 2.95. The molecule has 0 spiro atoms. The third-order valence-electron chi connectivity index (χ3n) is 3.03. The smallest absolute Gasteiger partial charge is 0.0414 e. The predicted octanol–water partition coefficient (Wildman–Crippen LogP) is 4.01. The van der Waals surface area contributed by atoms with Crippen molar-refractivity contribution in [2.75, 3.05) is 12.8 Å². The quantitative estimate of drug-likeness (QED) is 0.848. The summed E-state index contributed by atoms with van der Waals surface area (Å²) in [7, 11) is 2.06. The summed E-state index contributed by atoms with van der Waals surface area (Å²) in [6.45, 7) is 11.1. The SMILES string of the molecule is CNC(CSC(C)C)c1c(C)cc(C)cc1C. The van der Waals surface area contributed by atoms with Gasteiger partial charge < -0.3 is 5.32 Å². The molecule has 1 aromatic rings. The van der Waals surface area contributed by atoms with Crippen LogP contribution in [0.25, 0.3) is 0 Å². The van der Waals surface area contributed by atoms with Crippen LogP contribution in [0, 0.1) is 20.8 Å². The standard InChI is InChI=1S/C15H25NS/c1-10(2)17-9-14(16-6)15-12(4)7-11(3)8-13(15)5/h7-8,10,14,16H,9H2,1-6H3. The van der Waals surface area contributed by atoms with Crippen LogP contribution in [-0.2, 0) is 0 Å². The monoisotopic (exact) mass is 251 g/mol. The number of rotatable bonds is 5. The van der Waals surface area contributed by atoms with E-state index >= 15 is 0 Å². The minimum absolute atomic E-state index is 0.461. The van der Waals surface area contributed by atoms with Crippen molar-refractivity contribution in [2.45, 2.75) is 45.9 Å². The molecule has 96 valence electrons. The van der Waals surface area contributed by atoms with Gasteiger partial charge in [-0.2, -0.15) is 11.8 Å². The van der Waals surface area contributed by atoms with Crippen molar-refractivity contribution in [1.29, 1.82) is 0 Å². The molecular weight excluding hydrogens is 226 g/mol. The molecule has 0 amide bonds. The van der Waals surface area contributed by atoms with Crippen molar-refractivity contribution in [3.8, 4) is 0 Å². The molecule has 0 aliphatic carbocycles. The number of hydrogen-bond donors (Lipinski definition) is 1. The number of hydrogen-bond acceptors (Lipinski definition) is 2. The van der Waals surface area contributed by atoms with Crippen LogP contribution in [0.2, 0.25) is 0 Å². The van der Waals surface area contributed by atoms with Crippen LogP contribution >= 0.6 is 11.8 Å². The van der Waals surface area contributed by atoms with Crippen molar-refractivity contribution < 1.29 is 0 Å². The number of aryl methyl sites for hydroxylation is 3. The van der Waals surface area contributed by atoms with Crippen LogP contribution in [0.4, 0.5) is 0 Å². The van der Waals surface area contributed by atoms with Crippen molar-refractivity contribution in [2.24, 2.45) is 0 Å². The van der Waals surface area contributed by atoms with E-state index in [4.69, 9.17) is 0 Å². The van der Waals surface area contributed by atoms with Crippen LogP contribution in [0.5, 0.6) is 0 Å². The van der Waals surface area contributed by atoms with E-state index in [9.17, 15) is 0 Å². The molecule has 0 aliphatic heterocycles. The van der Waals surface area contributed by atoms with Crippen molar-refractivity contribution in [1.82, 2.24) is 5.32 Å². The molecule has 1 atom stereocenters. The molecule has 1 nitrogen and oxygen atoms in total. The zero-order chi connectivity index (χ0) is 13.0. The summed E-state index contributed by atoms with van der Waals surface area (Å²) in [5.41, 5.74) is 5.65. The largest absolute Gasteiger partial charge is 0.312 e. The lowest BCUT2D eigenvalue weighted by Crippen LogP contribution is -2.21. The molecule has 0 saturated heterocycles. The Morgan fingerprint density at radius 2 is 1.65 bits per heavy atom. The summed E-state index contributed by atoms with van der Waals surface area (Å²) in [6.07, 6.45) is 0. The van der Waals surface area contributed by atoms with Gasteiger partial charge in [-0.25, -0.2) is 0 Å². The second kappa shape index (κ2) is 6.46. The van der Waals surface area contributed by atoms with E-state index in [1.807, 2.05) is 11.8 Å². The van der Waals surface area contributed by atoms with Crippen LogP contribution in [0.3, 0.4) is 0 Å². The van der Waals surface area contributed by atoms with Crippen LogP contribution in [0.1, 0.15) is 42.1 Å². The zero-order valence-corrected chi connectivity index (χ0v) is 12.7. The van der Waals surface area contributed by atoms with Gasteiger partial charge in [0.1, 0.15) is 0 Å². The van der Waals surface area contributed by atoms with Gasteiger partial charge in [0.05, 0.1) is 0 Å². The second-order valence-corrected chi connectivity index (χ2v) is 6.65. The lowest BCUT2D eigenvalue weighted by atomic mass is 9.95. The number of benzene rings is 1. The third-order valence-corrected chi connectivity index (χ3v) is 4.22. The van der Waals surface area contributed by atoms with E-state index in [2.05, 4.69) is 59.1 Å². The summed E-state index contributed by atoms with van der Waals surface area (Å²) in [5.74, 6) is 1.14. The lowest BCUT2D eigenvalue weighted by Gasteiger charge is -2.22. The van der Waals surface area contributed by atoms with Gasteiger partial charge in [0.25, 0.3) is 0 Å². The number of thioether (sulfide) groups is 1. The van der Waals surface area contributed by atoms with E-state index < -0.39 is 0 Å². The molecule has 0 heterocycles. The Labute approximate surface area is 110 Å². The maximum Gasteiger partial charge on any atom is 0.0414 e. The zero-order valence-electron chi connectivity index (χ0n) is 11.9. The fourth-order valence-corrected chi connectivity index (χ4v) is 3.25. The summed E-state index contributed by atoms with van der Waals surface area (Å²) >= 11 is 2.02. The molecule has 0 saturated carbocycles. The maximum absolute atomic E-state index is 3.45. The van der Waals surface area contributed by atoms with Gasteiger partial charge in [-0.3, -0.25) is 0 Å². The fraction of sp³-hybridized carbons (Fsp3) is 0.600. The normalized spacial score (nSPS) is 13.1. The molecule has 1 rings (SSSR count). The first kappa shape index (κ1) is 14.6. The summed E-state index contributed by atoms with van der Waals surface area (Å²) in [5, 5.41) is 4.15. The van der Waals surface area contributed by atoms with E-state index in [0.29, 0.717) is 11.3 Å². The van der Waals surface area contributed by atoms with Crippen LogP contribution in [-0.4, -0.2) is 18.1 Å². The Kier molecular flexibility index (Phi) is 5.54. The van der Waals surface area contributed by atoms with Crippen LogP contribution in [0.15, 0.2) is 12.1 Å². The second-order valence-electron chi connectivity index (χ2n) is 5.04. The Hall–Kier alpha value is -0.470. The highest BCUT2D eigenvalue weighted by atomic mass is 32.2. The van der Waals surface area contributed by atoms with Gasteiger partial charge in [-0.05, 0) is 49.8 Å². The van der Waals surface area contributed by atoms with E-state index in [1.165, 1.54) is 22.3 Å². The van der Waals surface area contributed by atoms with E-state index in [-0.39, 0.29) is 0 Å². The molecule has 0 aromatic heterocycles. The maximum atomic E-state index is 3.45. The first-order valence-electron chi connectivity index (χ1n) is 6.32. The average Bonchev–Trinajstić information content (AvgIpc) is 2.21. The topological polar surface area (TPSA) is 12.0 Å². The molecule has 0 fully saturated rings. The first-order valence-corrected chi connectivity index (χ1v) is 7.37. The van der Waals surface area contributed by atoms with Crippen molar-refractivity contribution in [3.05, 3.63) is 34.4 Å². The average molecular weight is 251 g/mol. The highest BCUT2D eigenvalue weighted by Gasteiger charge is 2.15. The highest BCUT2D eigenvalue weighted by Crippen LogP contribution is 2.27. The molecule has 2 heteroatoms. The van der Waals surface area contributed by atoms with Gasteiger partial charge >= 0.3 is 0 Å². The van der Waals surface area contributed by atoms with Gasteiger partial charge in [-0.1, -0.05) is 31.5 Å². The Morgan fingerprint density at radius 3 is 2.06 bits per heavy atom. The van der Waals surface area contributed by atoms with Gasteiger partial charge in [0.2, 0.25) is 0 Å². The Bertz CT molecular complexity index is 348. The third kappa shape index (κ3) is 4.04. The van der Waals surface area contributed by atoms with Crippen molar-refractivity contribution in [3.63, 3.8) is 0 Å². The summed E-state index contributed by atoms with van der Waals surface area (Å²) in [4.78, 5) is 0. The van der Waals surface area contributed by atoms with Gasteiger partial charge in [0.15, 0.2) is 0 Å². The molecule has 0 bridgehead atoms. The lowest BCUT2D eigenvalue weighted by molar-refractivity contribution is 0.652. The molecule has 17 heavy (non-hydrogen) atoms. The predicted molar refractivity (Wildman–Crippen MR) is 80.0 cm³/mol. The molecule has 0 aliphatic rings. The Morgan fingerprint density at radius 1 is 1.12 bits per heavy atom. The van der Waals surface area contributed by atoms with E-state index in [0.717, 1.165) is 5.75 Å². The van der Waals surface area contributed by atoms with Crippen molar-refractivity contribution >= 4 is 11.8 Å². The summed E-state index contributed by atoms with van der Waals surface area (Å²) < 4.78 is 0. The molecule has 1 unspecified atom stereocenters. The number of nitrogens with one attached hydrogen (secondary N) is 1. The molecule has 1 N–H and O–H groups in total. The van der Waals surface area contributed by atoms with Gasteiger partial charge in [-0.15, -0.1) is 0 Å². The molecule has 0 radical (unpaired) electrons. The minimum atomic E-state index is 0.461.